The van der Waals surface area contributed by atoms with Gasteiger partial charge in [-0.15, -0.1) is 5.10 Å². The van der Waals surface area contributed by atoms with E-state index >= 15 is 0 Å². The summed E-state index contributed by atoms with van der Waals surface area (Å²) in [6, 6.07) is 0.331. The highest BCUT2D eigenvalue weighted by molar-refractivity contribution is 5.75. The van der Waals surface area contributed by atoms with E-state index in [2.05, 4.69) is 27.8 Å². The molecule has 6 heteroatoms. The van der Waals surface area contributed by atoms with Crippen molar-refractivity contribution < 1.29 is 4.79 Å². The molecular formula is C11H19N5O. The molecule has 1 amide bonds. The van der Waals surface area contributed by atoms with E-state index in [1.54, 1.807) is 0 Å². The predicted octanol–water partition coefficient (Wildman–Crippen LogP) is 0.758. The van der Waals surface area contributed by atoms with Gasteiger partial charge in [-0.05, 0) is 29.2 Å². The summed E-state index contributed by atoms with van der Waals surface area (Å²) in [4.78, 5) is 11.8. The van der Waals surface area contributed by atoms with Crippen molar-refractivity contribution in [2.24, 2.45) is 5.92 Å². The van der Waals surface area contributed by atoms with Crippen LogP contribution in [0.25, 0.3) is 0 Å². The molecule has 1 heterocycles. The third-order valence-electron chi connectivity index (χ3n) is 3.48. The molecule has 0 aromatic carbocycles. The molecule has 17 heavy (non-hydrogen) atoms. The first kappa shape index (κ1) is 12.0. The van der Waals surface area contributed by atoms with Gasteiger partial charge in [0.05, 0.1) is 0 Å². The quantitative estimate of drug-likeness (QED) is 0.839. The average Bonchev–Trinajstić information content (AvgIpc) is 2.82. The van der Waals surface area contributed by atoms with E-state index in [1.165, 1.54) is 30.3 Å². The summed E-state index contributed by atoms with van der Waals surface area (Å²) < 4.78 is 1.44. The first-order valence-electron chi connectivity index (χ1n) is 6.29. The fraction of sp³-hybridized carbons (Fsp3) is 0.818. The van der Waals surface area contributed by atoms with Crippen molar-refractivity contribution in [1.29, 1.82) is 0 Å². The van der Waals surface area contributed by atoms with Crippen molar-refractivity contribution in [3.8, 4) is 0 Å². The van der Waals surface area contributed by atoms with Crippen LogP contribution in [0, 0.1) is 5.92 Å². The van der Waals surface area contributed by atoms with Crippen LogP contribution in [0.5, 0.6) is 0 Å². The number of rotatable bonds is 4. The Kier molecular flexibility index (Phi) is 4.06. The normalized spacial score (nSPS) is 24.5. The minimum atomic E-state index is 0.00245. The monoisotopic (exact) mass is 237 g/mol. The zero-order valence-electron chi connectivity index (χ0n) is 10.2. The maximum absolute atomic E-state index is 11.8. The molecule has 1 aromatic rings. The third-order valence-corrected chi connectivity index (χ3v) is 3.48. The van der Waals surface area contributed by atoms with Gasteiger partial charge in [-0.3, -0.25) is 4.79 Å². The van der Waals surface area contributed by atoms with Gasteiger partial charge in [0.25, 0.3) is 0 Å². The summed E-state index contributed by atoms with van der Waals surface area (Å²) in [5, 5.41) is 13.8. The lowest BCUT2D eigenvalue weighted by Crippen LogP contribution is -2.43. The van der Waals surface area contributed by atoms with Gasteiger partial charge in [-0.1, -0.05) is 26.2 Å². The second-order valence-electron chi connectivity index (χ2n) is 4.63. The predicted molar refractivity (Wildman–Crippen MR) is 62.0 cm³/mol. The Bertz CT molecular complexity index is 351. The molecule has 0 radical (unpaired) electrons. The zero-order valence-corrected chi connectivity index (χ0v) is 10.2. The zero-order chi connectivity index (χ0) is 12.1. The lowest BCUT2D eigenvalue weighted by molar-refractivity contribution is -0.123. The van der Waals surface area contributed by atoms with Gasteiger partial charge in [-0.2, -0.15) is 0 Å². The second kappa shape index (κ2) is 5.75. The summed E-state index contributed by atoms with van der Waals surface area (Å²) in [5.41, 5.74) is 0. The molecule has 0 aliphatic heterocycles. The van der Waals surface area contributed by atoms with Crippen LogP contribution in [-0.2, 0) is 11.3 Å². The molecule has 1 aromatic heterocycles. The topological polar surface area (TPSA) is 72.7 Å². The van der Waals surface area contributed by atoms with Gasteiger partial charge in [-0.25, -0.2) is 4.68 Å². The summed E-state index contributed by atoms with van der Waals surface area (Å²) in [6.07, 6.45) is 7.42. The van der Waals surface area contributed by atoms with Gasteiger partial charge >= 0.3 is 0 Å². The van der Waals surface area contributed by atoms with Crippen LogP contribution in [0.3, 0.4) is 0 Å². The molecule has 2 rings (SSSR count). The summed E-state index contributed by atoms with van der Waals surface area (Å²) in [5.74, 6) is 0.629. The van der Waals surface area contributed by atoms with E-state index in [9.17, 15) is 4.79 Å². The molecule has 1 fully saturated rings. The molecule has 0 saturated heterocycles. The first-order valence-corrected chi connectivity index (χ1v) is 6.29. The Balaban J connectivity index is 1.84. The van der Waals surface area contributed by atoms with E-state index in [0.717, 1.165) is 12.8 Å². The second-order valence-corrected chi connectivity index (χ2v) is 4.63. The van der Waals surface area contributed by atoms with Gasteiger partial charge in [0.2, 0.25) is 5.91 Å². The number of nitrogens with zero attached hydrogens (tertiary/aromatic N) is 4. The number of hydrogen-bond donors (Lipinski definition) is 1. The number of tetrazole rings is 1. The number of carbonyl (C=O) groups excluding carboxylic acids is 1. The van der Waals surface area contributed by atoms with Crippen LogP contribution in [0.2, 0.25) is 0 Å². The van der Waals surface area contributed by atoms with Crippen LogP contribution in [0.1, 0.15) is 39.0 Å². The van der Waals surface area contributed by atoms with E-state index in [4.69, 9.17) is 0 Å². The molecule has 94 valence electrons. The Hall–Kier alpha value is -1.46. The SMILES string of the molecule is CCC1CCCCC1NC(=O)Cn1cnnn1. The molecule has 0 spiro atoms. The number of amides is 1. The molecule has 1 N–H and O–H groups in total. The highest BCUT2D eigenvalue weighted by atomic mass is 16.2. The van der Waals surface area contributed by atoms with Crippen LogP contribution in [-0.4, -0.2) is 32.2 Å². The lowest BCUT2D eigenvalue weighted by Gasteiger charge is -2.31. The van der Waals surface area contributed by atoms with E-state index in [0.29, 0.717) is 12.0 Å². The number of hydrogen-bond acceptors (Lipinski definition) is 4. The van der Waals surface area contributed by atoms with Crippen LogP contribution >= 0.6 is 0 Å². The number of nitrogens with one attached hydrogen (secondary N) is 1. The van der Waals surface area contributed by atoms with Crippen LogP contribution in [0.4, 0.5) is 0 Å². The Morgan fingerprint density at radius 2 is 2.29 bits per heavy atom. The molecule has 6 nitrogen and oxygen atoms in total. The Morgan fingerprint density at radius 3 is 3.00 bits per heavy atom. The highest BCUT2D eigenvalue weighted by Crippen LogP contribution is 2.26. The summed E-state index contributed by atoms with van der Waals surface area (Å²) >= 11 is 0. The van der Waals surface area contributed by atoms with Gasteiger partial charge < -0.3 is 5.32 Å². The standard InChI is InChI=1S/C11H19N5O/c1-2-9-5-3-4-6-10(9)13-11(17)7-16-8-12-14-15-16/h8-10H,2-7H2,1H3,(H,13,17). The fourth-order valence-electron chi connectivity index (χ4n) is 2.54. The molecule has 2 atom stereocenters. The number of aromatic nitrogens is 4. The van der Waals surface area contributed by atoms with Crippen LogP contribution in [0.15, 0.2) is 6.33 Å². The molecule has 0 bridgehead atoms. The molecular weight excluding hydrogens is 218 g/mol. The average molecular weight is 237 g/mol. The Labute approximate surface area is 101 Å². The Morgan fingerprint density at radius 1 is 1.47 bits per heavy atom. The molecule has 2 unspecified atom stereocenters. The van der Waals surface area contributed by atoms with Crippen molar-refractivity contribution in [3.63, 3.8) is 0 Å². The highest BCUT2D eigenvalue weighted by Gasteiger charge is 2.24. The maximum atomic E-state index is 11.8. The van der Waals surface area contributed by atoms with Gasteiger partial charge in [0.15, 0.2) is 0 Å². The van der Waals surface area contributed by atoms with Crippen molar-refractivity contribution in [2.75, 3.05) is 0 Å². The summed E-state index contributed by atoms with van der Waals surface area (Å²) in [6.45, 7) is 2.40. The number of carbonyl (C=O) groups is 1. The van der Waals surface area contributed by atoms with E-state index in [-0.39, 0.29) is 12.5 Å². The van der Waals surface area contributed by atoms with Crippen molar-refractivity contribution >= 4 is 5.91 Å². The van der Waals surface area contributed by atoms with Crippen molar-refractivity contribution in [2.45, 2.75) is 51.6 Å². The first-order chi connectivity index (χ1) is 8.29. The lowest BCUT2D eigenvalue weighted by atomic mass is 9.83. The minimum Gasteiger partial charge on any atom is -0.351 e. The molecule has 1 aliphatic carbocycles. The minimum absolute atomic E-state index is 0.00245. The maximum Gasteiger partial charge on any atom is 0.242 e. The van der Waals surface area contributed by atoms with Crippen molar-refractivity contribution in [1.82, 2.24) is 25.5 Å². The van der Waals surface area contributed by atoms with Gasteiger partial charge in [0.1, 0.15) is 12.9 Å². The van der Waals surface area contributed by atoms with Crippen LogP contribution < -0.4 is 5.32 Å². The molecule has 1 saturated carbocycles. The summed E-state index contributed by atoms with van der Waals surface area (Å²) in [7, 11) is 0. The molecule has 1 aliphatic rings. The van der Waals surface area contributed by atoms with Gasteiger partial charge in [0, 0.05) is 6.04 Å². The fourth-order valence-corrected chi connectivity index (χ4v) is 2.54. The largest absolute Gasteiger partial charge is 0.351 e. The smallest absolute Gasteiger partial charge is 0.242 e. The van der Waals surface area contributed by atoms with E-state index in [1.807, 2.05) is 0 Å². The third kappa shape index (κ3) is 3.25. The van der Waals surface area contributed by atoms with E-state index < -0.39 is 0 Å². The van der Waals surface area contributed by atoms with Crippen molar-refractivity contribution in [3.05, 3.63) is 6.33 Å².